The molecule has 0 saturated carbocycles. The standard InChI is InChI=1S/C18H18Br2N2O3/c1-11-4-5-15(6-12(11)2)25-10-17(23)22-21-9-13-7-14(19)8-16(20)18(13)24-3/h4-9H,10H2,1-3H3,(H,22,23). The molecule has 0 atom stereocenters. The molecular weight excluding hydrogens is 452 g/mol. The molecule has 132 valence electrons. The molecule has 0 unspecified atom stereocenters. The van der Waals surface area contributed by atoms with Crippen molar-refractivity contribution in [2.24, 2.45) is 5.10 Å². The Kier molecular flexibility index (Phi) is 7.01. The SMILES string of the molecule is COc1c(Br)cc(Br)cc1C=NNC(=O)COc1ccc(C)c(C)c1. The van der Waals surface area contributed by atoms with E-state index in [0.717, 1.165) is 20.1 Å². The summed E-state index contributed by atoms with van der Waals surface area (Å²) in [5.74, 6) is 0.940. The summed E-state index contributed by atoms with van der Waals surface area (Å²) < 4.78 is 12.4. The number of halogens is 2. The van der Waals surface area contributed by atoms with E-state index in [0.29, 0.717) is 11.5 Å². The van der Waals surface area contributed by atoms with E-state index in [1.54, 1.807) is 7.11 Å². The van der Waals surface area contributed by atoms with Gasteiger partial charge in [-0.3, -0.25) is 4.79 Å². The van der Waals surface area contributed by atoms with Crippen molar-refractivity contribution in [3.8, 4) is 11.5 Å². The fraction of sp³-hybridized carbons (Fsp3) is 0.222. The van der Waals surface area contributed by atoms with Crippen LogP contribution in [0.15, 0.2) is 44.4 Å². The van der Waals surface area contributed by atoms with E-state index in [-0.39, 0.29) is 12.5 Å². The molecule has 0 bridgehead atoms. The van der Waals surface area contributed by atoms with E-state index >= 15 is 0 Å². The monoisotopic (exact) mass is 468 g/mol. The summed E-state index contributed by atoms with van der Waals surface area (Å²) in [4.78, 5) is 11.8. The topological polar surface area (TPSA) is 59.9 Å². The van der Waals surface area contributed by atoms with Crippen molar-refractivity contribution in [3.05, 3.63) is 56.0 Å². The first-order valence-corrected chi connectivity index (χ1v) is 9.04. The lowest BCUT2D eigenvalue weighted by Crippen LogP contribution is -2.24. The lowest BCUT2D eigenvalue weighted by molar-refractivity contribution is -0.123. The van der Waals surface area contributed by atoms with Crippen LogP contribution in [0.25, 0.3) is 0 Å². The lowest BCUT2D eigenvalue weighted by atomic mass is 10.1. The van der Waals surface area contributed by atoms with Crippen LogP contribution in [-0.2, 0) is 4.79 Å². The maximum absolute atomic E-state index is 11.8. The van der Waals surface area contributed by atoms with Gasteiger partial charge in [0, 0.05) is 10.0 Å². The van der Waals surface area contributed by atoms with Gasteiger partial charge in [-0.2, -0.15) is 5.10 Å². The molecule has 25 heavy (non-hydrogen) atoms. The zero-order valence-corrected chi connectivity index (χ0v) is 17.3. The van der Waals surface area contributed by atoms with Crippen molar-refractivity contribution >= 4 is 44.0 Å². The Labute approximate surface area is 163 Å². The van der Waals surface area contributed by atoms with E-state index in [1.807, 2.05) is 44.2 Å². The minimum atomic E-state index is -0.345. The van der Waals surface area contributed by atoms with Crippen LogP contribution >= 0.6 is 31.9 Å². The van der Waals surface area contributed by atoms with Gasteiger partial charge in [-0.1, -0.05) is 22.0 Å². The number of amides is 1. The van der Waals surface area contributed by atoms with Gasteiger partial charge in [0.1, 0.15) is 11.5 Å². The second-order valence-corrected chi connectivity index (χ2v) is 7.11. The Bertz CT molecular complexity index is 807. The van der Waals surface area contributed by atoms with Crippen molar-refractivity contribution in [2.45, 2.75) is 13.8 Å². The van der Waals surface area contributed by atoms with Gasteiger partial charge in [0.05, 0.1) is 17.8 Å². The number of benzene rings is 2. The highest BCUT2D eigenvalue weighted by Crippen LogP contribution is 2.31. The number of nitrogens with one attached hydrogen (secondary N) is 1. The van der Waals surface area contributed by atoms with Gasteiger partial charge >= 0.3 is 0 Å². The largest absolute Gasteiger partial charge is 0.495 e. The Hall–Kier alpha value is -1.86. The highest BCUT2D eigenvalue weighted by Gasteiger charge is 2.08. The van der Waals surface area contributed by atoms with E-state index in [2.05, 4.69) is 42.4 Å². The van der Waals surface area contributed by atoms with Crippen LogP contribution < -0.4 is 14.9 Å². The van der Waals surface area contributed by atoms with Crippen LogP contribution in [-0.4, -0.2) is 25.8 Å². The quantitative estimate of drug-likeness (QED) is 0.504. The number of nitrogens with zero attached hydrogens (tertiary/aromatic N) is 1. The summed E-state index contributed by atoms with van der Waals surface area (Å²) in [6.45, 7) is 3.91. The molecule has 7 heteroatoms. The molecule has 0 aliphatic heterocycles. The average Bonchev–Trinajstić information content (AvgIpc) is 2.55. The van der Waals surface area contributed by atoms with E-state index in [4.69, 9.17) is 9.47 Å². The number of rotatable bonds is 6. The molecule has 2 aromatic carbocycles. The maximum atomic E-state index is 11.8. The number of aryl methyl sites for hydroxylation is 2. The summed E-state index contributed by atoms with van der Waals surface area (Å²) in [7, 11) is 1.57. The van der Waals surface area contributed by atoms with Gasteiger partial charge < -0.3 is 9.47 Å². The van der Waals surface area contributed by atoms with Gasteiger partial charge in [0.2, 0.25) is 0 Å². The number of ether oxygens (including phenoxy) is 2. The van der Waals surface area contributed by atoms with Gasteiger partial charge in [-0.25, -0.2) is 5.43 Å². The molecule has 1 N–H and O–H groups in total. The Morgan fingerprint density at radius 1 is 1.20 bits per heavy atom. The third kappa shape index (κ3) is 5.57. The van der Waals surface area contributed by atoms with Crippen molar-refractivity contribution in [2.75, 3.05) is 13.7 Å². The molecule has 5 nitrogen and oxygen atoms in total. The molecule has 0 aromatic heterocycles. The highest BCUT2D eigenvalue weighted by atomic mass is 79.9. The Morgan fingerprint density at radius 3 is 2.64 bits per heavy atom. The number of carbonyl (C=O) groups is 1. The second-order valence-electron chi connectivity index (χ2n) is 5.34. The molecule has 0 saturated heterocycles. The molecule has 0 aliphatic carbocycles. The summed E-state index contributed by atoms with van der Waals surface area (Å²) in [6, 6.07) is 9.40. The van der Waals surface area contributed by atoms with Crippen molar-refractivity contribution in [3.63, 3.8) is 0 Å². The van der Waals surface area contributed by atoms with Crippen LogP contribution in [0.2, 0.25) is 0 Å². The van der Waals surface area contributed by atoms with Crippen molar-refractivity contribution < 1.29 is 14.3 Å². The molecular formula is C18H18Br2N2O3. The number of hydrogen-bond donors (Lipinski definition) is 1. The van der Waals surface area contributed by atoms with Crippen LogP contribution in [0, 0.1) is 13.8 Å². The number of carbonyl (C=O) groups excluding carboxylic acids is 1. The molecule has 0 radical (unpaired) electrons. The highest BCUT2D eigenvalue weighted by molar-refractivity contribution is 9.11. The summed E-state index contributed by atoms with van der Waals surface area (Å²) in [5.41, 5.74) is 5.45. The second kappa shape index (κ2) is 9.01. The van der Waals surface area contributed by atoms with Crippen LogP contribution in [0.5, 0.6) is 11.5 Å². The first kappa shape index (κ1) is 19.5. The van der Waals surface area contributed by atoms with Crippen LogP contribution in [0.3, 0.4) is 0 Å². The predicted octanol–water partition coefficient (Wildman–Crippen LogP) is 4.37. The van der Waals surface area contributed by atoms with Crippen molar-refractivity contribution in [1.82, 2.24) is 5.43 Å². The normalized spacial score (nSPS) is 10.8. The number of hydrogen-bond acceptors (Lipinski definition) is 4. The molecule has 1 amide bonds. The molecule has 0 spiro atoms. The Morgan fingerprint density at radius 2 is 1.96 bits per heavy atom. The van der Waals surface area contributed by atoms with Crippen LogP contribution in [0.4, 0.5) is 0 Å². The van der Waals surface area contributed by atoms with Gasteiger partial charge in [0.15, 0.2) is 6.61 Å². The van der Waals surface area contributed by atoms with Gasteiger partial charge in [0.25, 0.3) is 5.91 Å². The van der Waals surface area contributed by atoms with Crippen LogP contribution in [0.1, 0.15) is 16.7 Å². The molecule has 2 rings (SSSR count). The zero-order valence-electron chi connectivity index (χ0n) is 14.1. The molecule has 2 aromatic rings. The zero-order chi connectivity index (χ0) is 18.4. The molecule has 0 fully saturated rings. The van der Waals surface area contributed by atoms with E-state index in [9.17, 15) is 4.79 Å². The summed E-state index contributed by atoms with van der Waals surface area (Å²) in [5, 5.41) is 3.95. The first-order valence-electron chi connectivity index (χ1n) is 7.45. The fourth-order valence-corrected chi connectivity index (χ4v) is 3.47. The van der Waals surface area contributed by atoms with E-state index < -0.39 is 0 Å². The van der Waals surface area contributed by atoms with Crippen molar-refractivity contribution in [1.29, 1.82) is 0 Å². The molecule has 0 aliphatic rings. The average molecular weight is 470 g/mol. The summed E-state index contributed by atoms with van der Waals surface area (Å²) >= 11 is 6.82. The van der Waals surface area contributed by atoms with E-state index in [1.165, 1.54) is 11.8 Å². The number of hydrazone groups is 1. The minimum absolute atomic E-state index is 0.112. The molecule has 0 heterocycles. The minimum Gasteiger partial charge on any atom is -0.495 e. The Balaban J connectivity index is 1.93. The first-order chi connectivity index (χ1) is 11.9. The number of methoxy groups -OCH3 is 1. The lowest BCUT2D eigenvalue weighted by Gasteiger charge is -2.08. The van der Waals surface area contributed by atoms with Gasteiger partial charge in [-0.15, -0.1) is 0 Å². The third-order valence-corrected chi connectivity index (χ3v) is 4.53. The third-order valence-electron chi connectivity index (χ3n) is 3.48. The predicted molar refractivity (Wildman–Crippen MR) is 106 cm³/mol. The smallest absolute Gasteiger partial charge is 0.277 e. The fourth-order valence-electron chi connectivity index (χ4n) is 2.05. The van der Waals surface area contributed by atoms with Gasteiger partial charge in [-0.05, 0) is 65.2 Å². The maximum Gasteiger partial charge on any atom is 0.277 e. The summed E-state index contributed by atoms with van der Waals surface area (Å²) in [6.07, 6.45) is 1.52.